The van der Waals surface area contributed by atoms with Crippen LogP contribution in [0.25, 0.3) is 0 Å². The van der Waals surface area contributed by atoms with Crippen LogP contribution in [0.5, 0.6) is 0 Å². The highest BCUT2D eigenvalue weighted by atomic mass is 16.2. The Kier molecular flexibility index (Phi) is 6.43. The molecule has 2 saturated heterocycles. The van der Waals surface area contributed by atoms with Crippen molar-refractivity contribution < 1.29 is 4.79 Å². The van der Waals surface area contributed by atoms with E-state index in [1.807, 2.05) is 12.3 Å². The number of hydrogen-bond acceptors (Lipinski definition) is 4. The zero-order chi connectivity index (χ0) is 17.6. The van der Waals surface area contributed by atoms with Gasteiger partial charge in [-0.05, 0) is 57.8 Å². The Morgan fingerprint density at radius 3 is 2.72 bits per heavy atom. The predicted molar refractivity (Wildman–Crippen MR) is 100 cm³/mol. The minimum Gasteiger partial charge on any atom is -0.340 e. The summed E-state index contributed by atoms with van der Waals surface area (Å²) in [6, 6.07) is 6.48. The van der Waals surface area contributed by atoms with Gasteiger partial charge in [-0.15, -0.1) is 0 Å². The first-order chi connectivity index (χ1) is 12.1. The van der Waals surface area contributed by atoms with Gasteiger partial charge in [0.15, 0.2) is 0 Å². The van der Waals surface area contributed by atoms with Crippen LogP contribution in [-0.4, -0.2) is 70.9 Å². The van der Waals surface area contributed by atoms with Crippen LogP contribution in [0.3, 0.4) is 0 Å². The van der Waals surface area contributed by atoms with Gasteiger partial charge in [-0.25, -0.2) is 0 Å². The van der Waals surface area contributed by atoms with Crippen molar-refractivity contribution in [1.82, 2.24) is 19.7 Å². The highest BCUT2D eigenvalue weighted by Crippen LogP contribution is 2.21. The SMILES string of the molecule is CC(C)N1CC(CN2CCCN(Cc3ccccn3)CC2)CCC1=O. The minimum absolute atomic E-state index is 0.327. The number of carbonyl (C=O) groups excluding carboxylic acids is 1. The summed E-state index contributed by atoms with van der Waals surface area (Å²) in [5.41, 5.74) is 1.16. The molecule has 25 heavy (non-hydrogen) atoms. The van der Waals surface area contributed by atoms with E-state index in [9.17, 15) is 4.79 Å². The van der Waals surface area contributed by atoms with E-state index in [1.165, 1.54) is 13.0 Å². The maximum absolute atomic E-state index is 12.0. The average molecular weight is 345 g/mol. The average Bonchev–Trinajstić information content (AvgIpc) is 2.82. The van der Waals surface area contributed by atoms with Crippen molar-refractivity contribution in [3.8, 4) is 0 Å². The molecule has 0 saturated carbocycles. The highest BCUT2D eigenvalue weighted by molar-refractivity contribution is 5.77. The van der Waals surface area contributed by atoms with E-state index in [0.717, 1.165) is 57.8 Å². The van der Waals surface area contributed by atoms with Gasteiger partial charge in [0, 0.05) is 51.4 Å². The molecule has 0 N–H and O–H groups in total. The Balaban J connectivity index is 1.47. The number of rotatable bonds is 5. The number of aromatic nitrogens is 1. The highest BCUT2D eigenvalue weighted by Gasteiger charge is 2.28. The summed E-state index contributed by atoms with van der Waals surface area (Å²) in [6.07, 6.45) is 4.87. The van der Waals surface area contributed by atoms with E-state index >= 15 is 0 Å². The van der Waals surface area contributed by atoms with Crippen molar-refractivity contribution in [2.75, 3.05) is 39.3 Å². The molecule has 1 amide bonds. The van der Waals surface area contributed by atoms with Gasteiger partial charge in [0.2, 0.25) is 5.91 Å². The van der Waals surface area contributed by atoms with E-state index in [-0.39, 0.29) is 0 Å². The molecule has 1 atom stereocenters. The fraction of sp³-hybridized carbons (Fsp3) is 0.700. The predicted octanol–water partition coefficient (Wildman–Crippen LogP) is 2.24. The van der Waals surface area contributed by atoms with Crippen LogP contribution < -0.4 is 0 Å². The van der Waals surface area contributed by atoms with E-state index in [0.29, 0.717) is 17.9 Å². The van der Waals surface area contributed by atoms with Crippen LogP contribution in [0.4, 0.5) is 0 Å². The molecule has 1 unspecified atom stereocenters. The third-order valence-electron chi connectivity index (χ3n) is 5.47. The maximum Gasteiger partial charge on any atom is 0.222 e. The Morgan fingerprint density at radius 1 is 1.16 bits per heavy atom. The van der Waals surface area contributed by atoms with Gasteiger partial charge >= 0.3 is 0 Å². The molecule has 0 spiro atoms. The van der Waals surface area contributed by atoms with Crippen molar-refractivity contribution in [2.24, 2.45) is 5.92 Å². The van der Waals surface area contributed by atoms with Gasteiger partial charge in [-0.3, -0.25) is 14.7 Å². The Labute approximate surface area is 152 Å². The first-order valence-corrected chi connectivity index (χ1v) is 9.76. The van der Waals surface area contributed by atoms with E-state index in [2.05, 4.69) is 45.7 Å². The summed E-state index contributed by atoms with van der Waals surface area (Å²) in [5.74, 6) is 0.964. The van der Waals surface area contributed by atoms with Crippen LogP contribution in [0.15, 0.2) is 24.4 Å². The first-order valence-electron chi connectivity index (χ1n) is 9.76. The van der Waals surface area contributed by atoms with E-state index in [1.54, 1.807) is 0 Å². The molecule has 1 aromatic heterocycles. The third kappa shape index (κ3) is 5.25. The number of nitrogens with zero attached hydrogens (tertiary/aromatic N) is 4. The summed E-state index contributed by atoms with van der Waals surface area (Å²) < 4.78 is 0. The number of pyridine rings is 1. The number of likely N-dealkylation sites (tertiary alicyclic amines) is 1. The number of piperidine rings is 1. The Bertz CT molecular complexity index is 548. The summed E-state index contributed by atoms with van der Waals surface area (Å²) in [5, 5.41) is 0. The van der Waals surface area contributed by atoms with Crippen molar-refractivity contribution in [3.63, 3.8) is 0 Å². The zero-order valence-corrected chi connectivity index (χ0v) is 15.7. The van der Waals surface area contributed by atoms with Crippen molar-refractivity contribution in [2.45, 2.75) is 45.7 Å². The molecule has 2 fully saturated rings. The summed E-state index contributed by atoms with van der Waals surface area (Å²) in [7, 11) is 0. The second kappa shape index (κ2) is 8.77. The topological polar surface area (TPSA) is 39.7 Å². The maximum atomic E-state index is 12.0. The standard InChI is InChI=1S/C20H32N4O/c1-17(2)24-15-18(7-8-20(24)25)14-22-10-5-11-23(13-12-22)16-19-6-3-4-9-21-19/h3-4,6,9,17-18H,5,7-8,10-16H2,1-2H3. The van der Waals surface area contributed by atoms with Crippen LogP contribution in [0, 0.1) is 5.92 Å². The van der Waals surface area contributed by atoms with Gasteiger partial charge in [-0.2, -0.15) is 0 Å². The van der Waals surface area contributed by atoms with Gasteiger partial charge in [0.1, 0.15) is 0 Å². The molecule has 0 radical (unpaired) electrons. The third-order valence-corrected chi connectivity index (χ3v) is 5.47. The van der Waals surface area contributed by atoms with Crippen LogP contribution >= 0.6 is 0 Å². The second-order valence-corrected chi connectivity index (χ2v) is 7.80. The summed E-state index contributed by atoms with van der Waals surface area (Å²) >= 11 is 0. The normalized spacial score (nSPS) is 23.9. The molecular weight excluding hydrogens is 312 g/mol. The van der Waals surface area contributed by atoms with Crippen LogP contribution in [-0.2, 0) is 11.3 Å². The molecule has 5 nitrogen and oxygen atoms in total. The monoisotopic (exact) mass is 344 g/mol. The Morgan fingerprint density at radius 2 is 1.96 bits per heavy atom. The smallest absolute Gasteiger partial charge is 0.222 e. The summed E-state index contributed by atoms with van der Waals surface area (Å²) in [4.78, 5) is 23.7. The van der Waals surface area contributed by atoms with Gasteiger partial charge in [0.05, 0.1) is 5.69 Å². The fourth-order valence-electron chi connectivity index (χ4n) is 4.04. The fourth-order valence-corrected chi connectivity index (χ4v) is 4.04. The molecule has 0 aromatic carbocycles. The van der Waals surface area contributed by atoms with Crippen molar-refractivity contribution in [3.05, 3.63) is 30.1 Å². The molecule has 1 aromatic rings. The van der Waals surface area contributed by atoms with E-state index in [4.69, 9.17) is 0 Å². The van der Waals surface area contributed by atoms with Crippen LogP contribution in [0.2, 0.25) is 0 Å². The zero-order valence-electron chi connectivity index (χ0n) is 15.7. The van der Waals surface area contributed by atoms with Crippen molar-refractivity contribution in [1.29, 1.82) is 0 Å². The lowest BCUT2D eigenvalue weighted by atomic mass is 9.95. The summed E-state index contributed by atoms with van der Waals surface area (Å²) in [6.45, 7) is 11.8. The first kappa shape index (κ1) is 18.3. The number of hydrogen-bond donors (Lipinski definition) is 0. The number of amides is 1. The lowest BCUT2D eigenvalue weighted by Gasteiger charge is -2.37. The largest absolute Gasteiger partial charge is 0.340 e. The molecule has 0 aliphatic carbocycles. The molecule has 2 aliphatic heterocycles. The molecule has 2 aliphatic rings. The van der Waals surface area contributed by atoms with Gasteiger partial charge < -0.3 is 9.80 Å². The lowest BCUT2D eigenvalue weighted by molar-refractivity contribution is -0.136. The molecule has 138 valence electrons. The molecular formula is C20H32N4O. The quantitative estimate of drug-likeness (QED) is 0.821. The van der Waals surface area contributed by atoms with Gasteiger partial charge in [-0.1, -0.05) is 6.07 Å². The second-order valence-electron chi connectivity index (χ2n) is 7.80. The molecule has 3 heterocycles. The van der Waals surface area contributed by atoms with Gasteiger partial charge in [0.25, 0.3) is 0 Å². The molecule has 5 heteroatoms. The lowest BCUT2D eigenvalue weighted by Crippen LogP contribution is -2.47. The number of carbonyl (C=O) groups is 1. The molecule has 0 bridgehead atoms. The van der Waals surface area contributed by atoms with Crippen molar-refractivity contribution >= 4 is 5.91 Å². The minimum atomic E-state index is 0.327. The molecule has 3 rings (SSSR count). The Hall–Kier alpha value is -1.46. The van der Waals surface area contributed by atoms with E-state index < -0.39 is 0 Å². The van der Waals surface area contributed by atoms with Crippen LogP contribution in [0.1, 0.15) is 38.8 Å².